The van der Waals surface area contributed by atoms with Gasteiger partial charge in [-0.3, -0.25) is 0 Å². The van der Waals surface area contributed by atoms with E-state index < -0.39 is 12.2 Å². The zero-order valence-electron chi connectivity index (χ0n) is 8.89. The van der Waals surface area contributed by atoms with Gasteiger partial charge < -0.3 is 10.2 Å². The first-order chi connectivity index (χ1) is 7.20. The molecule has 15 heavy (non-hydrogen) atoms. The van der Waals surface area contributed by atoms with Crippen LogP contribution in [0.3, 0.4) is 0 Å². The van der Waals surface area contributed by atoms with Gasteiger partial charge >= 0.3 is 0 Å². The molecule has 0 fully saturated rings. The normalized spacial score (nSPS) is 13.9. The summed E-state index contributed by atoms with van der Waals surface area (Å²) in [7, 11) is 0. The number of aliphatic hydroxyl groups is 2. The van der Waals surface area contributed by atoms with Crippen molar-refractivity contribution < 1.29 is 10.2 Å². The standard InChI is InChI=1S/C11H18N2O2/c12-8-10(14)6-4-2-1-3-5-7-11(15)9-13/h10-11,14-15H,1-7H2. The number of hydrogen-bond acceptors (Lipinski definition) is 4. The molecule has 0 aromatic heterocycles. The average Bonchev–Trinajstić information content (AvgIpc) is 2.26. The fourth-order valence-electron chi connectivity index (χ4n) is 1.33. The van der Waals surface area contributed by atoms with Gasteiger partial charge in [0.25, 0.3) is 0 Å². The van der Waals surface area contributed by atoms with Crippen LogP contribution >= 0.6 is 0 Å². The summed E-state index contributed by atoms with van der Waals surface area (Å²) in [5.74, 6) is 0. The summed E-state index contributed by atoms with van der Waals surface area (Å²) in [6.45, 7) is 0. The highest BCUT2D eigenvalue weighted by molar-refractivity contribution is 4.82. The molecule has 0 spiro atoms. The van der Waals surface area contributed by atoms with Crippen molar-refractivity contribution in [2.75, 3.05) is 0 Å². The van der Waals surface area contributed by atoms with Gasteiger partial charge in [0.2, 0.25) is 0 Å². The van der Waals surface area contributed by atoms with Crippen LogP contribution in [0.4, 0.5) is 0 Å². The highest BCUT2D eigenvalue weighted by Gasteiger charge is 2.02. The summed E-state index contributed by atoms with van der Waals surface area (Å²) >= 11 is 0. The lowest BCUT2D eigenvalue weighted by atomic mass is 10.1. The Labute approximate surface area is 90.8 Å². The van der Waals surface area contributed by atoms with Gasteiger partial charge in [0.15, 0.2) is 0 Å². The lowest BCUT2D eigenvalue weighted by Crippen LogP contribution is -2.02. The third-order valence-corrected chi connectivity index (χ3v) is 2.25. The summed E-state index contributed by atoms with van der Waals surface area (Å²) in [6.07, 6.45) is 4.13. The van der Waals surface area contributed by atoms with E-state index in [1.54, 1.807) is 12.1 Å². The lowest BCUT2D eigenvalue weighted by Gasteiger charge is -2.03. The molecule has 0 rings (SSSR count). The van der Waals surface area contributed by atoms with Crippen molar-refractivity contribution >= 4 is 0 Å². The molecule has 2 atom stereocenters. The Balaban J connectivity index is 3.13. The molecule has 0 aliphatic heterocycles. The van der Waals surface area contributed by atoms with E-state index in [4.69, 9.17) is 20.7 Å². The summed E-state index contributed by atoms with van der Waals surface area (Å²) < 4.78 is 0. The Kier molecular flexibility index (Phi) is 8.76. The maximum absolute atomic E-state index is 8.94. The first kappa shape index (κ1) is 13.9. The SMILES string of the molecule is N#CC(O)CCCCCCCC(O)C#N. The second-order valence-electron chi connectivity index (χ2n) is 3.63. The van der Waals surface area contributed by atoms with Crippen LogP contribution in [-0.2, 0) is 0 Å². The fourth-order valence-corrected chi connectivity index (χ4v) is 1.33. The maximum Gasteiger partial charge on any atom is 0.140 e. The number of nitrogens with zero attached hydrogens (tertiary/aromatic N) is 2. The molecule has 0 bridgehead atoms. The van der Waals surface area contributed by atoms with Crippen LogP contribution in [0, 0.1) is 22.7 Å². The molecular formula is C11H18N2O2. The van der Waals surface area contributed by atoms with Gasteiger partial charge in [0.1, 0.15) is 12.2 Å². The van der Waals surface area contributed by atoms with Crippen molar-refractivity contribution in [1.29, 1.82) is 10.5 Å². The second-order valence-corrected chi connectivity index (χ2v) is 3.63. The van der Waals surface area contributed by atoms with Crippen LogP contribution < -0.4 is 0 Å². The van der Waals surface area contributed by atoms with Gasteiger partial charge in [-0.1, -0.05) is 19.3 Å². The van der Waals surface area contributed by atoms with E-state index in [9.17, 15) is 0 Å². The topological polar surface area (TPSA) is 88.0 Å². The minimum Gasteiger partial charge on any atom is -0.378 e. The molecule has 0 aromatic carbocycles. The number of rotatable bonds is 8. The molecule has 84 valence electrons. The molecular weight excluding hydrogens is 192 g/mol. The predicted octanol–water partition coefficient (Wildman–Crippen LogP) is 1.49. The van der Waals surface area contributed by atoms with Crippen LogP contribution in [0.2, 0.25) is 0 Å². The number of aliphatic hydroxyl groups excluding tert-OH is 2. The van der Waals surface area contributed by atoms with Gasteiger partial charge in [0.05, 0.1) is 12.1 Å². The van der Waals surface area contributed by atoms with Crippen molar-refractivity contribution in [2.24, 2.45) is 0 Å². The van der Waals surface area contributed by atoms with Crippen molar-refractivity contribution in [3.05, 3.63) is 0 Å². The molecule has 0 saturated carbocycles. The Morgan fingerprint density at radius 2 is 1.07 bits per heavy atom. The van der Waals surface area contributed by atoms with Gasteiger partial charge in [-0.2, -0.15) is 10.5 Å². The van der Waals surface area contributed by atoms with Crippen molar-refractivity contribution in [3.8, 4) is 12.1 Å². The molecule has 0 radical (unpaired) electrons. The Morgan fingerprint density at radius 3 is 1.40 bits per heavy atom. The quantitative estimate of drug-likeness (QED) is 0.469. The molecule has 2 unspecified atom stereocenters. The van der Waals surface area contributed by atoms with Gasteiger partial charge in [0, 0.05) is 0 Å². The molecule has 0 aliphatic carbocycles. The van der Waals surface area contributed by atoms with E-state index in [2.05, 4.69) is 0 Å². The summed E-state index contributed by atoms with van der Waals surface area (Å²) in [4.78, 5) is 0. The molecule has 0 saturated heterocycles. The van der Waals surface area contributed by atoms with Crippen molar-refractivity contribution in [3.63, 3.8) is 0 Å². The smallest absolute Gasteiger partial charge is 0.140 e. The first-order valence-corrected chi connectivity index (χ1v) is 5.36. The maximum atomic E-state index is 8.94. The number of nitriles is 2. The molecule has 0 heterocycles. The van der Waals surface area contributed by atoms with E-state index in [1.807, 2.05) is 0 Å². The van der Waals surface area contributed by atoms with Crippen LogP contribution in [0.15, 0.2) is 0 Å². The van der Waals surface area contributed by atoms with Gasteiger partial charge in [-0.25, -0.2) is 0 Å². The molecule has 4 heteroatoms. The van der Waals surface area contributed by atoms with Crippen LogP contribution in [0.1, 0.15) is 44.9 Å². The summed E-state index contributed by atoms with van der Waals surface area (Å²) in [5, 5.41) is 34.5. The van der Waals surface area contributed by atoms with E-state index in [1.165, 1.54) is 0 Å². The third kappa shape index (κ3) is 9.21. The largest absolute Gasteiger partial charge is 0.378 e. The number of hydrogen-bond donors (Lipinski definition) is 2. The minimum absolute atomic E-state index is 0.539. The second kappa shape index (κ2) is 9.45. The number of unbranched alkanes of at least 4 members (excludes halogenated alkanes) is 4. The zero-order valence-corrected chi connectivity index (χ0v) is 8.89. The van der Waals surface area contributed by atoms with Gasteiger partial charge in [-0.15, -0.1) is 0 Å². The Bertz CT molecular complexity index is 206. The Morgan fingerprint density at radius 1 is 0.733 bits per heavy atom. The Hall–Kier alpha value is -1.10. The monoisotopic (exact) mass is 210 g/mol. The molecule has 4 nitrogen and oxygen atoms in total. The first-order valence-electron chi connectivity index (χ1n) is 5.36. The lowest BCUT2D eigenvalue weighted by molar-refractivity contribution is 0.211. The zero-order chi connectivity index (χ0) is 11.5. The van der Waals surface area contributed by atoms with E-state index >= 15 is 0 Å². The van der Waals surface area contributed by atoms with Gasteiger partial charge in [-0.05, 0) is 25.7 Å². The van der Waals surface area contributed by atoms with Crippen LogP contribution in [0.25, 0.3) is 0 Å². The van der Waals surface area contributed by atoms with Crippen LogP contribution in [0.5, 0.6) is 0 Å². The van der Waals surface area contributed by atoms with E-state index in [0.29, 0.717) is 12.8 Å². The predicted molar refractivity (Wildman–Crippen MR) is 55.6 cm³/mol. The summed E-state index contributed by atoms with van der Waals surface area (Å²) in [5.41, 5.74) is 0. The molecule has 0 amide bonds. The molecule has 2 N–H and O–H groups in total. The molecule has 0 aromatic rings. The van der Waals surface area contributed by atoms with Crippen LogP contribution in [-0.4, -0.2) is 22.4 Å². The highest BCUT2D eigenvalue weighted by atomic mass is 16.3. The summed E-state index contributed by atoms with van der Waals surface area (Å²) in [6, 6.07) is 3.55. The van der Waals surface area contributed by atoms with Crippen molar-refractivity contribution in [1.82, 2.24) is 0 Å². The minimum atomic E-state index is -0.828. The van der Waals surface area contributed by atoms with E-state index in [0.717, 1.165) is 32.1 Å². The third-order valence-electron chi connectivity index (χ3n) is 2.25. The van der Waals surface area contributed by atoms with E-state index in [-0.39, 0.29) is 0 Å². The molecule has 0 aliphatic rings. The van der Waals surface area contributed by atoms with Crippen molar-refractivity contribution in [2.45, 2.75) is 57.2 Å². The highest BCUT2D eigenvalue weighted by Crippen LogP contribution is 2.09. The fraction of sp³-hybridized carbons (Fsp3) is 0.818. The average molecular weight is 210 g/mol.